The Bertz CT molecular complexity index is 275. The van der Waals surface area contributed by atoms with Gasteiger partial charge in [-0.3, -0.25) is 4.90 Å². The summed E-state index contributed by atoms with van der Waals surface area (Å²) in [6, 6.07) is 2.78. The highest BCUT2D eigenvalue weighted by Gasteiger charge is 2.22. The molecule has 1 aromatic rings. The summed E-state index contributed by atoms with van der Waals surface area (Å²) in [6.07, 6.45) is 3.16. The van der Waals surface area contributed by atoms with Gasteiger partial charge in [0.25, 0.3) is 0 Å². The molecule has 0 saturated heterocycles. The van der Waals surface area contributed by atoms with Crippen molar-refractivity contribution < 1.29 is 0 Å². The third-order valence-corrected chi connectivity index (χ3v) is 4.18. The average Bonchev–Trinajstić information content (AvgIpc) is 2.79. The van der Waals surface area contributed by atoms with E-state index >= 15 is 0 Å². The molecule has 4 heteroatoms. The predicted molar refractivity (Wildman–Crippen MR) is 76.3 cm³/mol. The van der Waals surface area contributed by atoms with Gasteiger partial charge in [-0.25, -0.2) is 0 Å². The molecule has 2 unspecified atom stereocenters. The van der Waals surface area contributed by atoms with E-state index in [1.807, 2.05) is 11.8 Å². The van der Waals surface area contributed by atoms with Gasteiger partial charge >= 0.3 is 0 Å². The highest BCUT2D eigenvalue weighted by atomic mass is 32.2. The molecule has 0 amide bonds. The number of hydrogen-bond acceptors (Lipinski definition) is 4. The number of nitrogens with two attached hydrogens (primary N) is 1. The van der Waals surface area contributed by atoms with Gasteiger partial charge in [0, 0.05) is 18.3 Å². The summed E-state index contributed by atoms with van der Waals surface area (Å²) in [5, 5.41) is 4.35. The Balaban J connectivity index is 2.71. The van der Waals surface area contributed by atoms with Crippen LogP contribution in [0.2, 0.25) is 0 Å². The van der Waals surface area contributed by atoms with Crippen molar-refractivity contribution in [2.24, 2.45) is 5.73 Å². The molecule has 1 heterocycles. The Morgan fingerprint density at radius 2 is 2.31 bits per heavy atom. The second kappa shape index (κ2) is 7.33. The van der Waals surface area contributed by atoms with Crippen molar-refractivity contribution >= 4 is 23.1 Å². The Morgan fingerprint density at radius 3 is 2.81 bits per heavy atom. The van der Waals surface area contributed by atoms with Gasteiger partial charge in [0.05, 0.1) is 6.04 Å². The van der Waals surface area contributed by atoms with Crippen molar-refractivity contribution in [3.05, 3.63) is 22.4 Å². The van der Waals surface area contributed by atoms with Crippen LogP contribution in [0.15, 0.2) is 16.8 Å². The van der Waals surface area contributed by atoms with Crippen LogP contribution in [0.25, 0.3) is 0 Å². The number of rotatable bonds is 7. The van der Waals surface area contributed by atoms with E-state index in [-0.39, 0.29) is 6.04 Å². The van der Waals surface area contributed by atoms with Crippen LogP contribution in [-0.2, 0) is 0 Å². The fraction of sp³-hybridized carbons (Fsp3) is 0.667. The maximum absolute atomic E-state index is 6.24. The topological polar surface area (TPSA) is 29.3 Å². The molecule has 2 atom stereocenters. The van der Waals surface area contributed by atoms with Gasteiger partial charge < -0.3 is 5.73 Å². The molecular weight excluding hydrogens is 236 g/mol. The maximum Gasteiger partial charge on any atom is 0.0504 e. The molecule has 2 N–H and O–H groups in total. The van der Waals surface area contributed by atoms with Crippen molar-refractivity contribution in [2.45, 2.75) is 25.4 Å². The minimum absolute atomic E-state index is 0.224. The molecule has 0 aromatic carbocycles. The molecule has 16 heavy (non-hydrogen) atoms. The van der Waals surface area contributed by atoms with Crippen molar-refractivity contribution in [3.63, 3.8) is 0 Å². The second-order valence-corrected chi connectivity index (χ2v) is 5.81. The molecular formula is C12H22N2S2. The van der Waals surface area contributed by atoms with E-state index in [1.54, 1.807) is 11.3 Å². The summed E-state index contributed by atoms with van der Waals surface area (Å²) in [7, 11) is 2.17. The normalized spacial score (nSPS) is 15.3. The molecule has 0 fully saturated rings. The van der Waals surface area contributed by atoms with Crippen LogP contribution < -0.4 is 5.73 Å². The van der Waals surface area contributed by atoms with Gasteiger partial charge in [0.15, 0.2) is 0 Å². The molecule has 0 aliphatic rings. The van der Waals surface area contributed by atoms with E-state index in [2.05, 4.69) is 42.0 Å². The van der Waals surface area contributed by atoms with E-state index in [4.69, 9.17) is 5.73 Å². The largest absolute Gasteiger partial charge is 0.326 e. The summed E-state index contributed by atoms with van der Waals surface area (Å²) in [5.74, 6) is 1.16. The first kappa shape index (κ1) is 14.0. The first-order chi connectivity index (χ1) is 7.70. The Hall–Kier alpha value is -0.0300. The van der Waals surface area contributed by atoms with E-state index < -0.39 is 0 Å². The van der Waals surface area contributed by atoms with E-state index in [0.29, 0.717) is 6.04 Å². The van der Waals surface area contributed by atoms with Crippen LogP contribution in [-0.4, -0.2) is 36.5 Å². The molecule has 0 aliphatic carbocycles. The monoisotopic (exact) mass is 258 g/mol. The molecule has 92 valence electrons. The van der Waals surface area contributed by atoms with Crippen LogP contribution in [0, 0.1) is 0 Å². The van der Waals surface area contributed by atoms with Gasteiger partial charge in [-0.2, -0.15) is 23.1 Å². The van der Waals surface area contributed by atoms with Crippen molar-refractivity contribution in [3.8, 4) is 0 Å². The minimum atomic E-state index is 0.224. The number of thioether (sulfide) groups is 1. The van der Waals surface area contributed by atoms with Gasteiger partial charge in [0.2, 0.25) is 0 Å². The van der Waals surface area contributed by atoms with Gasteiger partial charge in [0.1, 0.15) is 0 Å². The molecule has 1 rings (SSSR count). The van der Waals surface area contributed by atoms with Crippen molar-refractivity contribution in [1.29, 1.82) is 0 Å². The molecule has 0 spiro atoms. The fourth-order valence-electron chi connectivity index (χ4n) is 1.87. The highest BCUT2D eigenvalue weighted by molar-refractivity contribution is 7.98. The zero-order valence-electron chi connectivity index (χ0n) is 10.3. The summed E-state index contributed by atoms with van der Waals surface area (Å²) < 4.78 is 0. The Kier molecular flexibility index (Phi) is 6.43. The molecule has 0 saturated carbocycles. The van der Waals surface area contributed by atoms with E-state index in [9.17, 15) is 0 Å². The summed E-state index contributed by atoms with van der Waals surface area (Å²) in [6.45, 7) is 3.25. The molecule has 0 bridgehead atoms. The molecule has 0 radical (unpaired) electrons. The number of nitrogens with zero attached hydrogens (tertiary/aromatic N) is 1. The lowest BCUT2D eigenvalue weighted by Crippen LogP contribution is -2.39. The molecule has 1 aromatic heterocycles. The van der Waals surface area contributed by atoms with Crippen LogP contribution in [0.1, 0.15) is 24.9 Å². The molecule has 2 nitrogen and oxygen atoms in total. The van der Waals surface area contributed by atoms with Gasteiger partial charge in [-0.05, 0) is 42.1 Å². The van der Waals surface area contributed by atoms with Crippen LogP contribution in [0.4, 0.5) is 0 Å². The second-order valence-electron chi connectivity index (χ2n) is 4.05. The van der Waals surface area contributed by atoms with Gasteiger partial charge in [-0.1, -0.05) is 6.92 Å². The van der Waals surface area contributed by atoms with Gasteiger partial charge in [-0.15, -0.1) is 0 Å². The zero-order valence-corrected chi connectivity index (χ0v) is 12.0. The Morgan fingerprint density at radius 1 is 1.56 bits per heavy atom. The molecule has 0 aliphatic heterocycles. The third-order valence-electron chi connectivity index (χ3n) is 2.88. The lowest BCUT2D eigenvalue weighted by atomic mass is 9.99. The lowest BCUT2D eigenvalue weighted by molar-refractivity contribution is 0.222. The quantitative estimate of drug-likeness (QED) is 0.815. The van der Waals surface area contributed by atoms with Crippen molar-refractivity contribution in [2.75, 3.05) is 25.6 Å². The summed E-state index contributed by atoms with van der Waals surface area (Å²) >= 11 is 3.63. The van der Waals surface area contributed by atoms with Crippen LogP contribution in [0.5, 0.6) is 0 Å². The number of likely N-dealkylation sites (N-methyl/N-ethyl adjacent to an activating group) is 1. The SMILES string of the molecule is CCC(N)C(c1ccsc1)N(C)CCSC. The highest BCUT2D eigenvalue weighted by Crippen LogP contribution is 2.25. The summed E-state index contributed by atoms with van der Waals surface area (Å²) in [4.78, 5) is 2.38. The first-order valence-electron chi connectivity index (χ1n) is 5.67. The number of thiophene rings is 1. The van der Waals surface area contributed by atoms with Crippen LogP contribution in [0.3, 0.4) is 0 Å². The minimum Gasteiger partial charge on any atom is -0.326 e. The first-order valence-corrected chi connectivity index (χ1v) is 8.01. The smallest absolute Gasteiger partial charge is 0.0504 e. The van der Waals surface area contributed by atoms with Crippen LogP contribution >= 0.6 is 23.1 Å². The Labute approximate surface area is 107 Å². The van der Waals surface area contributed by atoms with E-state index in [0.717, 1.165) is 18.7 Å². The predicted octanol–water partition coefficient (Wildman–Crippen LogP) is 2.82. The average molecular weight is 258 g/mol. The zero-order chi connectivity index (χ0) is 12.0. The summed E-state index contributed by atoms with van der Waals surface area (Å²) in [5.41, 5.74) is 7.60. The lowest BCUT2D eigenvalue weighted by Gasteiger charge is -2.31. The standard InChI is InChI=1S/C12H22N2S2/c1-4-11(13)12(10-5-7-16-9-10)14(2)6-8-15-3/h5,7,9,11-12H,4,6,8,13H2,1-3H3. The third kappa shape index (κ3) is 3.77. The number of hydrogen-bond donors (Lipinski definition) is 1. The maximum atomic E-state index is 6.24. The van der Waals surface area contributed by atoms with Crippen molar-refractivity contribution in [1.82, 2.24) is 4.90 Å². The van der Waals surface area contributed by atoms with E-state index in [1.165, 1.54) is 5.56 Å². The fourth-order valence-corrected chi connectivity index (χ4v) is 3.03.